The van der Waals surface area contributed by atoms with E-state index in [9.17, 15) is 18.7 Å². The zero-order valence-electron chi connectivity index (χ0n) is 12.9. The fraction of sp³-hybridized carbons (Fsp3) is 0.588. The van der Waals surface area contributed by atoms with Crippen molar-refractivity contribution in [1.82, 2.24) is 4.90 Å². The summed E-state index contributed by atoms with van der Waals surface area (Å²) in [5.41, 5.74) is -0.806. The van der Waals surface area contributed by atoms with Gasteiger partial charge in [-0.25, -0.2) is 8.78 Å². The van der Waals surface area contributed by atoms with Gasteiger partial charge in [0.1, 0.15) is 11.6 Å². The van der Waals surface area contributed by atoms with E-state index in [1.165, 1.54) is 12.1 Å². The molecule has 0 spiro atoms. The minimum Gasteiger partial charge on any atom is -0.391 e. The van der Waals surface area contributed by atoms with Gasteiger partial charge in [0, 0.05) is 37.9 Å². The summed E-state index contributed by atoms with van der Waals surface area (Å²) in [6.45, 7) is 1.55. The lowest BCUT2D eigenvalue weighted by Crippen LogP contribution is -2.53. The topological polar surface area (TPSA) is 49.8 Å². The lowest BCUT2D eigenvalue weighted by Gasteiger charge is -2.42. The number of benzene rings is 1. The number of rotatable bonds is 2. The molecule has 2 heterocycles. The maximum absolute atomic E-state index is 14.4. The normalized spacial score (nSPS) is 24.5. The van der Waals surface area contributed by atoms with Crippen molar-refractivity contribution in [3.8, 4) is 0 Å². The van der Waals surface area contributed by atoms with Gasteiger partial charge in [-0.15, -0.1) is 0 Å². The fourth-order valence-electron chi connectivity index (χ4n) is 3.64. The van der Waals surface area contributed by atoms with Crippen LogP contribution in [0, 0.1) is 11.6 Å². The molecule has 2 aliphatic heterocycles. The van der Waals surface area contributed by atoms with Gasteiger partial charge >= 0.3 is 0 Å². The third kappa shape index (κ3) is 3.10. The molecular formula is C17H21F2NO3. The Morgan fingerprint density at radius 3 is 2.70 bits per heavy atom. The van der Waals surface area contributed by atoms with E-state index in [1.807, 2.05) is 0 Å². The van der Waals surface area contributed by atoms with Crippen molar-refractivity contribution in [3.63, 3.8) is 0 Å². The summed E-state index contributed by atoms with van der Waals surface area (Å²) in [5.74, 6) is -1.54. The van der Waals surface area contributed by atoms with Gasteiger partial charge in [0.15, 0.2) is 0 Å². The molecule has 0 aliphatic carbocycles. The number of hydrogen-bond acceptors (Lipinski definition) is 3. The largest absolute Gasteiger partial charge is 0.391 e. The van der Waals surface area contributed by atoms with Gasteiger partial charge in [-0.05, 0) is 31.7 Å². The van der Waals surface area contributed by atoms with E-state index < -0.39 is 23.2 Å². The lowest BCUT2D eigenvalue weighted by molar-refractivity contribution is -0.144. The molecule has 1 amide bonds. The van der Waals surface area contributed by atoms with Crippen LogP contribution in [-0.4, -0.2) is 48.3 Å². The second-order valence-electron chi connectivity index (χ2n) is 6.37. The SMILES string of the molecule is O=C(N1CCCC(O)C1)C1(c2ccc(F)cc2F)CCOCC1. The monoisotopic (exact) mass is 325 g/mol. The van der Waals surface area contributed by atoms with E-state index >= 15 is 0 Å². The summed E-state index contributed by atoms with van der Waals surface area (Å²) >= 11 is 0. The molecule has 23 heavy (non-hydrogen) atoms. The molecule has 1 unspecified atom stereocenters. The molecule has 0 aromatic heterocycles. The second-order valence-corrected chi connectivity index (χ2v) is 6.37. The van der Waals surface area contributed by atoms with Gasteiger partial charge in [0.05, 0.1) is 11.5 Å². The number of likely N-dealkylation sites (tertiary alicyclic amines) is 1. The molecule has 1 aromatic rings. The van der Waals surface area contributed by atoms with Gasteiger partial charge in [0.2, 0.25) is 5.91 Å². The molecule has 2 saturated heterocycles. The predicted octanol–water partition coefficient (Wildman–Crippen LogP) is 2.00. The lowest BCUT2D eigenvalue weighted by atomic mass is 9.72. The molecule has 3 rings (SSSR count). The highest BCUT2D eigenvalue weighted by molar-refractivity contribution is 5.88. The standard InChI is InChI=1S/C17H21F2NO3/c18-12-3-4-14(15(19)10-12)17(5-8-23-9-6-17)16(22)20-7-1-2-13(21)11-20/h3-4,10,13,21H,1-2,5-9,11H2. The Balaban J connectivity index is 1.97. The number of carbonyl (C=O) groups excluding carboxylic acids is 1. The van der Waals surface area contributed by atoms with E-state index in [0.717, 1.165) is 12.5 Å². The van der Waals surface area contributed by atoms with Crippen molar-refractivity contribution in [2.45, 2.75) is 37.2 Å². The first-order valence-corrected chi connectivity index (χ1v) is 8.04. The van der Waals surface area contributed by atoms with Crippen LogP contribution in [-0.2, 0) is 14.9 Å². The van der Waals surface area contributed by atoms with Crippen molar-refractivity contribution in [2.24, 2.45) is 0 Å². The number of ether oxygens (including phenoxy) is 1. The quantitative estimate of drug-likeness (QED) is 0.905. The zero-order chi connectivity index (χ0) is 16.4. The van der Waals surface area contributed by atoms with Gasteiger partial charge in [-0.1, -0.05) is 6.07 Å². The number of nitrogens with zero attached hydrogens (tertiary/aromatic N) is 1. The van der Waals surface area contributed by atoms with Crippen molar-refractivity contribution in [2.75, 3.05) is 26.3 Å². The number of piperidine rings is 1. The summed E-state index contributed by atoms with van der Waals surface area (Å²) in [5, 5.41) is 9.83. The van der Waals surface area contributed by atoms with Crippen molar-refractivity contribution in [3.05, 3.63) is 35.4 Å². The van der Waals surface area contributed by atoms with Crippen LogP contribution in [0.15, 0.2) is 18.2 Å². The van der Waals surface area contributed by atoms with E-state index in [4.69, 9.17) is 4.74 Å². The first kappa shape index (κ1) is 16.3. The predicted molar refractivity (Wildman–Crippen MR) is 79.9 cm³/mol. The number of aliphatic hydroxyl groups excluding tert-OH is 1. The van der Waals surface area contributed by atoms with Crippen LogP contribution in [0.4, 0.5) is 8.78 Å². The van der Waals surface area contributed by atoms with Gasteiger partial charge < -0.3 is 14.7 Å². The number of halogens is 2. The van der Waals surface area contributed by atoms with E-state index in [1.54, 1.807) is 4.90 Å². The van der Waals surface area contributed by atoms with Crippen LogP contribution >= 0.6 is 0 Å². The van der Waals surface area contributed by atoms with Gasteiger partial charge in [-0.3, -0.25) is 4.79 Å². The van der Waals surface area contributed by atoms with Crippen LogP contribution in [0.2, 0.25) is 0 Å². The molecule has 2 fully saturated rings. The Hall–Kier alpha value is -1.53. The molecule has 0 saturated carbocycles. The molecule has 0 bridgehead atoms. The number of β-amino-alcohol motifs (C(OH)–C–C–N with tert-alkyl or cyclic N) is 1. The van der Waals surface area contributed by atoms with Crippen molar-refractivity contribution >= 4 is 5.91 Å². The third-order valence-corrected chi connectivity index (χ3v) is 4.89. The average molecular weight is 325 g/mol. The van der Waals surface area contributed by atoms with Crippen LogP contribution < -0.4 is 0 Å². The highest BCUT2D eigenvalue weighted by Crippen LogP contribution is 2.39. The highest BCUT2D eigenvalue weighted by Gasteiger charge is 2.46. The molecule has 1 N–H and O–H groups in total. The highest BCUT2D eigenvalue weighted by atomic mass is 19.1. The van der Waals surface area contributed by atoms with E-state index in [-0.39, 0.29) is 18.0 Å². The Kier molecular flexibility index (Phi) is 4.64. The molecule has 1 aromatic carbocycles. The van der Waals surface area contributed by atoms with Crippen LogP contribution in [0.25, 0.3) is 0 Å². The molecule has 126 valence electrons. The maximum atomic E-state index is 14.4. The van der Waals surface area contributed by atoms with Crippen LogP contribution in [0.1, 0.15) is 31.2 Å². The van der Waals surface area contributed by atoms with E-state index in [2.05, 4.69) is 0 Å². The average Bonchev–Trinajstić information content (AvgIpc) is 2.54. The number of aliphatic hydroxyl groups is 1. The Bertz CT molecular complexity index is 587. The summed E-state index contributed by atoms with van der Waals surface area (Å²) < 4.78 is 33.0. The third-order valence-electron chi connectivity index (χ3n) is 4.89. The van der Waals surface area contributed by atoms with Crippen LogP contribution in [0.5, 0.6) is 0 Å². The summed E-state index contributed by atoms with van der Waals surface area (Å²) in [6, 6.07) is 3.38. The smallest absolute Gasteiger partial charge is 0.233 e. The van der Waals surface area contributed by atoms with E-state index in [0.29, 0.717) is 39.0 Å². The summed E-state index contributed by atoms with van der Waals surface area (Å²) in [6.07, 6.45) is 1.58. The van der Waals surface area contributed by atoms with Crippen LogP contribution in [0.3, 0.4) is 0 Å². The minimum atomic E-state index is -1.03. The van der Waals surface area contributed by atoms with Crippen molar-refractivity contribution in [1.29, 1.82) is 0 Å². The summed E-state index contributed by atoms with van der Waals surface area (Å²) in [4.78, 5) is 14.8. The molecule has 1 atom stereocenters. The number of amides is 1. The molecule has 2 aliphatic rings. The number of carbonyl (C=O) groups is 1. The van der Waals surface area contributed by atoms with Crippen molar-refractivity contribution < 1.29 is 23.4 Å². The van der Waals surface area contributed by atoms with Gasteiger partial charge in [0.25, 0.3) is 0 Å². The zero-order valence-corrected chi connectivity index (χ0v) is 12.9. The number of hydrogen-bond donors (Lipinski definition) is 1. The fourth-order valence-corrected chi connectivity index (χ4v) is 3.64. The Labute approximate surface area is 134 Å². The Morgan fingerprint density at radius 2 is 2.04 bits per heavy atom. The minimum absolute atomic E-state index is 0.190. The van der Waals surface area contributed by atoms with Gasteiger partial charge in [-0.2, -0.15) is 0 Å². The molecule has 4 nitrogen and oxygen atoms in total. The molecule has 0 radical (unpaired) electrons. The first-order chi connectivity index (χ1) is 11.0. The first-order valence-electron chi connectivity index (χ1n) is 8.04. The summed E-state index contributed by atoms with van der Waals surface area (Å²) in [7, 11) is 0. The maximum Gasteiger partial charge on any atom is 0.233 e. The molecule has 6 heteroatoms. The Morgan fingerprint density at radius 1 is 1.30 bits per heavy atom. The second kappa shape index (κ2) is 6.53. The molecular weight excluding hydrogens is 304 g/mol.